The SMILES string of the molecule is CC1(C)CC(NC(=O)CN(c2ccc(Cl)cc2)S(C)(=O)=O)c2ccccc2O1. The molecule has 1 unspecified atom stereocenters. The van der Waals surface area contributed by atoms with Gasteiger partial charge in [-0.25, -0.2) is 8.42 Å². The van der Waals surface area contributed by atoms with Gasteiger partial charge in [-0.3, -0.25) is 9.10 Å². The molecule has 1 N–H and O–H groups in total. The highest BCUT2D eigenvalue weighted by Gasteiger charge is 2.34. The van der Waals surface area contributed by atoms with E-state index in [0.717, 1.165) is 21.9 Å². The van der Waals surface area contributed by atoms with E-state index >= 15 is 0 Å². The summed E-state index contributed by atoms with van der Waals surface area (Å²) in [6, 6.07) is 13.6. The van der Waals surface area contributed by atoms with E-state index in [0.29, 0.717) is 17.1 Å². The summed E-state index contributed by atoms with van der Waals surface area (Å²) in [6.45, 7) is 3.59. The van der Waals surface area contributed by atoms with Gasteiger partial charge in [-0.15, -0.1) is 0 Å². The van der Waals surface area contributed by atoms with Gasteiger partial charge < -0.3 is 10.1 Å². The molecule has 1 amide bonds. The number of ether oxygens (including phenoxy) is 1. The Balaban J connectivity index is 1.81. The van der Waals surface area contributed by atoms with Crippen LogP contribution in [0.25, 0.3) is 0 Å². The Morgan fingerprint density at radius 2 is 1.86 bits per heavy atom. The number of para-hydroxylation sites is 1. The molecule has 0 saturated heterocycles. The number of benzene rings is 2. The predicted molar refractivity (Wildman–Crippen MR) is 110 cm³/mol. The first kappa shape index (κ1) is 20.5. The zero-order valence-corrected chi connectivity index (χ0v) is 17.5. The van der Waals surface area contributed by atoms with E-state index in [2.05, 4.69) is 5.32 Å². The number of anilines is 1. The van der Waals surface area contributed by atoms with Crippen LogP contribution < -0.4 is 14.4 Å². The van der Waals surface area contributed by atoms with Crippen molar-refractivity contribution in [3.8, 4) is 5.75 Å². The normalized spacial score (nSPS) is 17.9. The monoisotopic (exact) mass is 422 g/mol. The van der Waals surface area contributed by atoms with E-state index in [9.17, 15) is 13.2 Å². The van der Waals surface area contributed by atoms with Crippen LogP contribution in [0, 0.1) is 0 Å². The molecule has 28 heavy (non-hydrogen) atoms. The lowest BCUT2D eigenvalue weighted by Gasteiger charge is -2.38. The molecule has 2 aromatic rings. The number of amides is 1. The molecule has 0 bridgehead atoms. The van der Waals surface area contributed by atoms with Gasteiger partial charge in [0.1, 0.15) is 17.9 Å². The maximum Gasteiger partial charge on any atom is 0.241 e. The van der Waals surface area contributed by atoms with Crippen LogP contribution in [-0.2, 0) is 14.8 Å². The number of carbonyl (C=O) groups is 1. The van der Waals surface area contributed by atoms with Crippen LogP contribution in [0.4, 0.5) is 5.69 Å². The van der Waals surface area contributed by atoms with E-state index in [1.807, 2.05) is 38.1 Å². The van der Waals surface area contributed by atoms with Crippen molar-refractivity contribution in [2.24, 2.45) is 0 Å². The Hall–Kier alpha value is -2.25. The minimum absolute atomic E-state index is 0.265. The summed E-state index contributed by atoms with van der Waals surface area (Å²) in [5, 5.41) is 3.45. The summed E-state index contributed by atoms with van der Waals surface area (Å²) in [4.78, 5) is 12.7. The third-order valence-corrected chi connectivity index (χ3v) is 5.91. The van der Waals surface area contributed by atoms with Gasteiger partial charge in [-0.2, -0.15) is 0 Å². The van der Waals surface area contributed by atoms with E-state index in [1.165, 1.54) is 0 Å². The first-order chi connectivity index (χ1) is 13.0. The van der Waals surface area contributed by atoms with Crippen molar-refractivity contribution < 1.29 is 17.9 Å². The number of hydrogen-bond acceptors (Lipinski definition) is 4. The van der Waals surface area contributed by atoms with Crippen LogP contribution in [-0.4, -0.2) is 32.7 Å². The Morgan fingerprint density at radius 1 is 1.21 bits per heavy atom. The van der Waals surface area contributed by atoms with Gasteiger partial charge in [-0.1, -0.05) is 29.8 Å². The van der Waals surface area contributed by atoms with Crippen molar-refractivity contribution >= 4 is 33.2 Å². The number of nitrogens with one attached hydrogen (secondary N) is 1. The smallest absolute Gasteiger partial charge is 0.241 e. The van der Waals surface area contributed by atoms with E-state index in [4.69, 9.17) is 16.3 Å². The fourth-order valence-corrected chi connectivity index (χ4v) is 4.29. The maximum atomic E-state index is 12.7. The van der Waals surface area contributed by atoms with Crippen LogP contribution >= 0.6 is 11.6 Å². The molecule has 2 aromatic carbocycles. The van der Waals surface area contributed by atoms with Crippen molar-refractivity contribution in [3.63, 3.8) is 0 Å². The minimum atomic E-state index is -3.65. The minimum Gasteiger partial charge on any atom is -0.487 e. The molecule has 0 aliphatic carbocycles. The Kier molecular flexibility index (Phi) is 5.59. The van der Waals surface area contributed by atoms with Gasteiger partial charge in [0.2, 0.25) is 15.9 Å². The molecule has 1 heterocycles. The zero-order valence-electron chi connectivity index (χ0n) is 16.0. The second-order valence-corrected chi connectivity index (χ2v) is 9.81. The Labute approximate surface area is 170 Å². The largest absolute Gasteiger partial charge is 0.487 e. The number of carbonyl (C=O) groups excluding carboxylic acids is 1. The third kappa shape index (κ3) is 4.77. The molecule has 0 fully saturated rings. The van der Waals surface area contributed by atoms with E-state index < -0.39 is 21.5 Å². The van der Waals surface area contributed by atoms with E-state index in [-0.39, 0.29) is 12.6 Å². The number of fused-ring (bicyclic) bond motifs is 1. The second-order valence-electron chi connectivity index (χ2n) is 7.47. The third-order valence-electron chi connectivity index (χ3n) is 4.51. The number of rotatable bonds is 5. The molecule has 6 nitrogen and oxygen atoms in total. The van der Waals surface area contributed by atoms with Gasteiger partial charge in [0.05, 0.1) is 18.0 Å². The molecule has 0 radical (unpaired) electrons. The standard InChI is InChI=1S/C20H23ClN2O4S/c1-20(2)12-17(16-6-4-5-7-18(16)27-20)22-19(24)13-23(28(3,25)26)15-10-8-14(21)9-11-15/h4-11,17H,12-13H2,1-3H3,(H,22,24). The van der Waals surface area contributed by atoms with Crippen LogP contribution in [0.15, 0.2) is 48.5 Å². The zero-order chi connectivity index (χ0) is 20.5. The highest BCUT2D eigenvalue weighted by Crippen LogP contribution is 2.39. The van der Waals surface area contributed by atoms with Gasteiger partial charge in [-0.05, 0) is 44.2 Å². The predicted octanol–water partition coefficient (Wildman–Crippen LogP) is 3.52. The van der Waals surface area contributed by atoms with Crippen molar-refractivity contribution in [1.82, 2.24) is 5.32 Å². The highest BCUT2D eigenvalue weighted by molar-refractivity contribution is 7.92. The van der Waals surface area contributed by atoms with Crippen molar-refractivity contribution in [2.75, 3.05) is 17.1 Å². The summed E-state index contributed by atoms with van der Waals surface area (Å²) in [7, 11) is -3.65. The molecule has 3 rings (SSSR count). The molecule has 8 heteroatoms. The lowest BCUT2D eigenvalue weighted by atomic mass is 9.89. The molecule has 0 saturated carbocycles. The van der Waals surface area contributed by atoms with Gasteiger partial charge >= 0.3 is 0 Å². The van der Waals surface area contributed by atoms with Crippen LogP contribution in [0.1, 0.15) is 31.9 Å². The van der Waals surface area contributed by atoms with Crippen molar-refractivity contribution in [1.29, 1.82) is 0 Å². The lowest BCUT2D eigenvalue weighted by Crippen LogP contribution is -2.45. The molecular formula is C20H23ClN2O4S. The lowest BCUT2D eigenvalue weighted by molar-refractivity contribution is -0.120. The molecule has 150 valence electrons. The molecule has 0 aromatic heterocycles. The van der Waals surface area contributed by atoms with Crippen LogP contribution in [0.5, 0.6) is 5.75 Å². The van der Waals surface area contributed by atoms with Crippen LogP contribution in [0.2, 0.25) is 5.02 Å². The quantitative estimate of drug-likeness (QED) is 0.799. The molecule has 1 atom stereocenters. The van der Waals surface area contributed by atoms with Gasteiger partial charge in [0.15, 0.2) is 0 Å². The van der Waals surface area contributed by atoms with Gasteiger partial charge in [0, 0.05) is 17.0 Å². The number of sulfonamides is 1. The Morgan fingerprint density at radius 3 is 2.50 bits per heavy atom. The van der Waals surface area contributed by atoms with Crippen LogP contribution in [0.3, 0.4) is 0 Å². The average Bonchev–Trinajstić information content (AvgIpc) is 2.59. The first-order valence-electron chi connectivity index (χ1n) is 8.86. The number of hydrogen-bond donors (Lipinski definition) is 1. The first-order valence-corrected chi connectivity index (χ1v) is 11.1. The molecular weight excluding hydrogens is 400 g/mol. The van der Waals surface area contributed by atoms with Gasteiger partial charge in [0.25, 0.3) is 0 Å². The second kappa shape index (κ2) is 7.64. The maximum absolute atomic E-state index is 12.7. The topological polar surface area (TPSA) is 75.7 Å². The summed E-state index contributed by atoms with van der Waals surface area (Å²) in [6.07, 6.45) is 1.65. The van der Waals surface area contributed by atoms with Crippen molar-refractivity contribution in [2.45, 2.75) is 31.9 Å². The van der Waals surface area contributed by atoms with Crippen molar-refractivity contribution in [3.05, 3.63) is 59.1 Å². The fourth-order valence-electron chi connectivity index (χ4n) is 3.31. The molecule has 0 spiro atoms. The Bertz CT molecular complexity index is 974. The molecule has 1 aliphatic rings. The van der Waals surface area contributed by atoms with E-state index in [1.54, 1.807) is 24.3 Å². The fraction of sp³-hybridized carbons (Fsp3) is 0.350. The summed E-state index contributed by atoms with van der Waals surface area (Å²) < 4.78 is 31.5. The average molecular weight is 423 g/mol. The number of halogens is 1. The number of nitrogens with zero attached hydrogens (tertiary/aromatic N) is 1. The summed E-state index contributed by atoms with van der Waals surface area (Å²) >= 11 is 5.88. The highest BCUT2D eigenvalue weighted by atomic mass is 35.5. The summed E-state index contributed by atoms with van der Waals surface area (Å²) in [5.74, 6) is 0.333. The molecule has 1 aliphatic heterocycles. The summed E-state index contributed by atoms with van der Waals surface area (Å²) in [5.41, 5.74) is 0.821.